The van der Waals surface area contributed by atoms with E-state index in [1.165, 1.54) is 19.3 Å². The monoisotopic (exact) mass is 286 g/mol. The molecular formula is C14H20Cl2N2. The summed E-state index contributed by atoms with van der Waals surface area (Å²) >= 11 is 12.1. The van der Waals surface area contributed by atoms with E-state index in [1.807, 2.05) is 13.0 Å². The predicted octanol–water partition coefficient (Wildman–Crippen LogP) is 4.93. The summed E-state index contributed by atoms with van der Waals surface area (Å²) in [6.45, 7) is 6.62. The van der Waals surface area contributed by atoms with Crippen LogP contribution in [0, 0.1) is 18.8 Å². The third-order valence-electron chi connectivity index (χ3n) is 4.00. The standard InChI is InChI=1S/C14H20Cl2N2/c1-8-5-4-6-9(2)12(8)18-13-10(3)7-11(15)17-14(13)16/h7-9,12,18H,4-6H2,1-3H3. The van der Waals surface area contributed by atoms with Gasteiger partial charge in [0.2, 0.25) is 0 Å². The number of pyridine rings is 1. The van der Waals surface area contributed by atoms with Crippen LogP contribution in [0.4, 0.5) is 5.69 Å². The van der Waals surface area contributed by atoms with E-state index in [2.05, 4.69) is 24.1 Å². The van der Waals surface area contributed by atoms with E-state index < -0.39 is 0 Å². The van der Waals surface area contributed by atoms with Gasteiger partial charge in [-0.25, -0.2) is 4.98 Å². The molecule has 18 heavy (non-hydrogen) atoms. The van der Waals surface area contributed by atoms with Crippen LogP contribution < -0.4 is 5.32 Å². The van der Waals surface area contributed by atoms with Gasteiger partial charge in [-0.2, -0.15) is 0 Å². The summed E-state index contributed by atoms with van der Waals surface area (Å²) in [5, 5.41) is 4.52. The van der Waals surface area contributed by atoms with Crippen LogP contribution in [0.25, 0.3) is 0 Å². The summed E-state index contributed by atoms with van der Waals surface area (Å²) in [6.07, 6.45) is 3.88. The number of nitrogens with zero attached hydrogens (tertiary/aromatic N) is 1. The summed E-state index contributed by atoms with van der Waals surface area (Å²) < 4.78 is 0. The van der Waals surface area contributed by atoms with Crippen LogP contribution in [0.15, 0.2) is 6.07 Å². The minimum absolute atomic E-state index is 0.452. The van der Waals surface area contributed by atoms with Crippen molar-refractivity contribution in [2.45, 2.75) is 46.1 Å². The lowest BCUT2D eigenvalue weighted by Gasteiger charge is -2.36. The largest absolute Gasteiger partial charge is 0.379 e. The Morgan fingerprint density at radius 2 is 1.83 bits per heavy atom. The molecule has 0 aromatic carbocycles. The van der Waals surface area contributed by atoms with Gasteiger partial charge in [-0.3, -0.25) is 0 Å². The Morgan fingerprint density at radius 1 is 1.22 bits per heavy atom. The highest BCUT2D eigenvalue weighted by molar-refractivity contribution is 6.34. The van der Waals surface area contributed by atoms with Crippen molar-refractivity contribution < 1.29 is 0 Å². The molecule has 2 atom stereocenters. The topological polar surface area (TPSA) is 24.9 Å². The lowest BCUT2D eigenvalue weighted by atomic mass is 9.78. The highest BCUT2D eigenvalue weighted by Crippen LogP contribution is 2.34. The molecule has 2 unspecified atom stereocenters. The van der Waals surface area contributed by atoms with Gasteiger partial charge in [0, 0.05) is 6.04 Å². The molecule has 0 spiro atoms. The van der Waals surface area contributed by atoms with E-state index in [4.69, 9.17) is 23.2 Å². The molecule has 0 amide bonds. The second-order valence-electron chi connectivity index (χ2n) is 5.48. The minimum atomic E-state index is 0.452. The van der Waals surface area contributed by atoms with Gasteiger partial charge in [0.1, 0.15) is 5.15 Å². The van der Waals surface area contributed by atoms with Crippen molar-refractivity contribution in [3.63, 3.8) is 0 Å². The summed E-state index contributed by atoms with van der Waals surface area (Å²) in [5.41, 5.74) is 2.00. The van der Waals surface area contributed by atoms with Crippen LogP contribution in [0.3, 0.4) is 0 Å². The smallest absolute Gasteiger partial charge is 0.154 e. The zero-order valence-corrected chi connectivity index (χ0v) is 12.6. The highest BCUT2D eigenvalue weighted by atomic mass is 35.5. The number of rotatable bonds is 2. The first-order valence-corrected chi connectivity index (χ1v) is 7.33. The maximum atomic E-state index is 6.19. The van der Waals surface area contributed by atoms with E-state index in [-0.39, 0.29) is 0 Å². The number of nitrogens with one attached hydrogen (secondary N) is 1. The highest BCUT2D eigenvalue weighted by Gasteiger charge is 2.28. The first kappa shape index (κ1) is 14.0. The second kappa shape index (κ2) is 5.66. The summed E-state index contributed by atoms with van der Waals surface area (Å²) in [4.78, 5) is 4.12. The molecular weight excluding hydrogens is 267 g/mol. The molecule has 1 fully saturated rings. The van der Waals surface area contributed by atoms with Crippen molar-refractivity contribution in [2.75, 3.05) is 5.32 Å². The Morgan fingerprint density at radius 3 is 2.39 bits per heavy atom. The maximum absolute atomic E-state index is 6.19. The minimum Gasteiger partial charge on any atom is -0.379 e. The van der Waals surface area contributed by atoms with Crippen molar-refractivity contribution in [1.82, 2.24) is 4.98 Å². The first-order valence-electron chi connectivity index (χ1n) is 6.58. The van der Waals surface area contributed by atoms with Crippen molar-refractivity contribution >= 4 is 28.9 Å². The zero-order chi connectivity index (χ0) is 13.3. The molecule has 4 heteroatoms. The molecule has 2 nitrogen and oxygen atoms in total. The van der Waals surface area contributed by atoms with Gasteiger partial charge in [-0.15, -0.1) is 0 Å². The average Bonchev–Trinajstić information content (AvgIpc) is 2.26. The Labute approximate surface area is 119 Å². The SMILES string of the molecule is Cc1cc(Cl)nc(Cl)c1NC1C(C)CCCC1C. The van der Waals surface area contributed by atoms with E-state index in [0.717, 1.165) is 11.3 Å². The van der Waals surface area contributed by atoms with E-state index in [1.54, 1.807) is 0 Å². The van der Waals surface area contributed by atoms with Gasteiger partial charge >= 0.3 is 0 Å². The lowest BCUT2D eigenvalue weighted by Crippen LogP contribution is -2.37. The summed E-state index contributed by atoms with van der Waals surface area (Å²) in [5.74, 6) is 1.33. The Balaban J connectivity index is 2.23. The molecule has 1 N–H and O–H groups in total. The molecule has 1 aliphatic rings. The fraction of sp³-hybridized carbons (Fsp3) is 0.643. The van der Waals surface area contributed by atoms with E-state index in [0.29, 0.717) is 28.2 Å². The Kier molecular flexibility index (Phi) is 4.39. The molecule has 1 aromatic heterocycles. The molecule has 1 saturated carbocycles. The van der Waals surface area contributed by atoms with Crippen LogP contribution in [-0.2, 0) is 0 Å². The van der Waals surface area contributed by atoms with Crippen molar-refractivity contribution in [3.05, 3.63) is 21.9 Å². The lowest BCUT2D eigenvalue weighted by molar-refractivity contribution is 0.268. The summed E-state index contributed by atoms with van der Waals surface area (Å²) in [7, 11) is 0. The number of halogens is 2. The van der Waals surface area contributed by atoms with Crippen LogP contribution >= 0.6 is 23.2 Å². The van der Waals surface area contributed by atoms with Gasteiger partial charge in [0.05, 0.1) is 5.69 Å². The Hall–Kier alpha value is -0.470. The van der Waals surface area contributed by atoms with E-state index in [9.17, 15) is 0 Å². The van der Waals surface area contributed by atoms with Crippen molar-refractivity contribution in [1.29, 1.82) is 0 Å². The number of anilines is 1. The van der Waals surface area contributed by atoms with Crippen molar-refractivity contribution in [3.8, 4) is 0 Å². The van der Waals surface area contributed by atoms with E-state index >= 15 is 0 Å². The first-order chi connectivity index (χ1) is 8.49. The third kappa shape index (κ3) is 2.92. The van der Waals surface area contributed by atoms with Gasteiger partial charge in [0.25, 0.3) is 0 Å². The average molecular weight is 287 g/mol. The van der Waals surface area contributed by atoms with Gasteiger partial charge < -0.3 is 5.32 Å². The predicted molar refractivity (Wildman–Crippen MR) is 78.6 cm³/mol. The molecule has 100 valence electrons. The summed E-state index contributed by atoms with van der Waals surface area (Å²) in [6, 6.07) is 2.33. The molecule has 1 aromatic rings. The molecule has 0 radical (unpaired) electrons. The maximum Gasteiger partial charge on any atom is 0.154 e. The third-order valence-corrected chi connectivity index (χ3v) is 4.46. The fourth-order valence-corrected chi connectivity index (χ4v) is 3.49. The molecule has 1 heterocycles. The molecule has 0 saturated heterocycles. The van der Waals surface area contributed by atoms with Crippen molar-refractivity contribution in [2.24, 2.45) is 11.8 Å². The molecule has 2 rings (SSSR count). The number of aromatic nitrogens is 1. The van der Waals surface area contributed by atoms with Crippen LogP contribution in [-0.4, -0.2) is 11.0 Å². The van der Waals surface area contributed by atoms with Gasteiger partial charge in [-0.05, 0) is 43.2 Å². The van der Waals surface area contributed by atoms with Crippen LogP contribution in [0.2, 0.25) is 10.3 Å². The van der Waals surface area contributed by atoms with Crippen LogP contribution in [0.5, 0.6) is 0 Å². The van der Waals surface area contributed by atoms with Gasteiger partial charge in [-0.1, -0.05) is 43.5 Å². The fourth-order valence-electron chi connectivity index (χ4n) is 2.90. The quantitative estimate of drug-likeness (QED) is 0.780. The van der Waals surface area contributed by atoms with Gasteiger partial charge in [0.15, 0.2) is 5.15 Å². The normalized spacial score (nSPS) is 28.2. The number of hydrogen-bond donors (Lipinski definition) is 1. The molecule has 0 bridgehead atoms. The molecule has 0 aliphatic heterocycles. The molecule has 1 aliphatic carbocycles. The number of hydrogen-bond acceptors (Lipinski definition) is 2. The Bertz CT molecular complexity index is 401. The second-order valence-corrected chi connectivity index (χ2v) is 6.23. The number of aryl methyl sites for hydroxylation is 1. The van der Waals surface area contributed by atoms with Crippen LogP contribution in [0.1, 0.15) is 38.7 Å². The zero-order valence-electron chi connectivity index (χ0n) is 11.1.